The first kappa shape index (κ1) is 22.4. The standard InChI is InChI=1S/C26H27N3O4S/c1-17-13-18(2)15-28(14-17)26(31)20-9-3-4-10-21(20)27-24(30)16-29-22-11-5-7-19-8-6-12-23(25(19)22)34(29,32)33/h3-12,17-18H,13-16H2,1-2H3,(H,27,30). The quantitative estimate of drug-likeness (QED) is 0.613. The van der Waals surface area contributed by atoms with Gasteiger partial charge in [-0.1, -0.05) is 50.2 Å². The number of nitrogens with zero attached hydrogens (tertiary/aromatic N) is 2. The zero-order valence-corrected chi connectivity index (χ0v) is 20.0. The number of piperidine rings is 1. The lowest BCUT2D eigenvalue weighted by Crippen LogP contribution is -2.43. The van der Waals surface area contributed by atoms with Crippen LogP contribution in [-0.2, 0) is 14.8 Å². The van der Waals surface area contributed by atoms with Crippen LogP contribution < -0.4 is 9.62 Å². The topological polar surface area (TPSA) is 86.8 Å². The molecule has 3 aromatic carbocycles. The third kappa shape index (κ3) is 3.81. The molecule has 0 aliphatic carbocycles. The summed E-state index contributed by atoms with van der Waals surface area (Å²) in [6.07, 6.45) is 1.08. The molecule has 0 aromatic heterocycles. The highest BCUT2D eigenvalue weighted by atomic mass is 32.2. The summed E-state index contributed by atoms with van der Waals surface area (Å²) >= 11 is 0. The number of rotatable bonds is 4. The Bertz CT molecular complexity index is 1390. The maximum absolute atomic E-state index is 13.3. The van der Waals surface area contributed by atoms with Gasteiger partial charge in [0, 0.05) is 18.5 Å². The van der Waals surface area contributed by atoms with Crippen molar-refractivity contribution in [3.8, 4) is 0 Å². The summed E-state index contributed by atoms with van der Waals surface area (Å²) in [5, 5.41) is 4.22. The van der Waals surface area contributed by atoms with Gasteiger partial charge in [-0.05, 0) is 47.9 Å². The number of sulfonamides is 1. The molecule has 1 saturated heterocycles. The van der Waals surface area contributed by atoms with E-state index in [1.807, 2.05) is 17.0 Å². The van der Waals surface area contributed by atoms with Crippen LogP contribution in [0.1, 0.15) is 30.6 Å². The molecule has 0 saturated carbocycles. The minimum Gasteiger partial charge on any atom is -0.338 e. The molecule has 0 spiro atoms. The minimum absolute atomic E-state index is 0.125. The summed E-state index contributed by atoms with van der Waals surface area (Å²) in [5.74, 6) is 0.201. The number of para-hydroxylation sites is 1. The van der Waals surface area contributed by atoms with Gasteiger partial charge in [0.2, 0.25) is 5.91 Å². The highest BCUT2D eigenvalue weighted by Gasteiger charge is 2.37. The predicted octanol–water partition coefficient (Wildman–Crippen LogP) is 4.11. The summed E-state index contributed by atoms with van der Waals surface area (Å²) in [6, 6.07) is 17.3. The van der Waals surface area contributed by atoms with E-state index in [1.165, 1.54) is 0 Å². The molecule has 2 amide bonds. The van der Waals surface area contributed by atoms with Gasteiger partial charge in [-0.3, -0.25) is 13.9 Å². The first-order valence-electron chi connectivity index (χ1n) is 11.5. The Kier molecular flexibility index (Phi) is 5.56. The number of anilines is 2. The van der Waals surface area contributed by atoms with Gasteiger partial charge in [0.05, 0.1) is 21.8 Å². The molecule has 7 nitrogen and oxygen atoms in total. The number of amides is 2. The number of benzene rings is 3. The van der Waals surface area contributed by atoms with Gasteiger partial charge >= 0.3 is 0 Å². The molecular formula is C26H27N3O4S. The summed E-state index contributed by atoms with van der Waals surface area (Å²) in [5.41, 5.74) is 1.28. The van der Waals surface area contributed by atoms with Crippen molar-refractivity contribution in [3.63, 3.8) is 0 Å². The van der Waals surface area contributed by atoms with Gasteiger partial charge in [-0.2, -0.15) is 0 Å². The molecule has 34 heavy (non-hydrogen) atoms. The van der Waals surface area contributed by atoms with Crippen LogP contribution in [0, 0.1) is 11.8 Å². The molecule has 0 radical (unpaired) electrons. The predicted molar refractivity (Wildman–Crippen MR) is 132 cm³/mol. The Morgan fingerprint density at radius 3 is 2.35 bits per heavy atom. The van der Waals surface area contributed by atoms with Crippen molar-refractivity contribution < 1.29 is 18.0 Å². The van der Waals surface area contributed by atoms with Crippen LogP contribution >= 0.6 is 0 Å². The van der Waals surface area contributed by atoms with Crippen molar-refractivity contribution in [1.29, 1.82) is 0 Å². The molecule has 176 valence electrons. The molecule has 2 atom stereocenters. The monoisotopic (exact) mass is 477 g/mol. The van der Waals surface area contributed by atoms with Crippen LogP contribution in [0.3, 0.4) is 0 Å². The lowest BCUT2D eigenvalue weighted by atomic mass is 9.91. The summed E-state index contributed by atoms with van der Waals surface area (Å²) in [6.45, 7) is 5.26. The molecule has 5 rings (SSSR count). The van der Waals surface area contributed by atoms with Gasteiger partial charge in [-0.15, -0.1) is 0 Å². The van der Waals surface area contributed by atoms with Crippen LogP contribution in [0.25, 0.3) is 10.8 Å². The third-order valence-corrected chi connectivity index (χ3v) is 8.36. The maximum atomic E-state index is 13.3. The van der Waals surface area contributed by atoms with E-state index in [4.69, 9.17) is 0 Å². The van der Waals surface area contributed by atoms with Crippen molar-refractivity contribution >= 4 is 44.0 Å². The van der Waals surface area contributed by atoms with Crippen LogP contribution in [0.15, 0.2) is 65.6 Å². The Morgan fingerprint density at radius 1 is 0.941 bits per heavy atom. The molecule has 0 bridgehead atoms. The van der Waals surface area contributed by atoms with E-state index in [0.717, 1.165) is 16.1 Å². The van der Waals surface area contributed by atoms with E-state index in [0.29, 0.717) is 47.2 Å². The fourth-order valence-electron chi connectivity index (χ4n) is 5.23. The van der Waals surface area contributed by atoms with Crippen LogP contribution in [0.2, 0.25) is 0 Å². The molecular weight excluding hydrogens is 450 g/mol. The van der Waals surface area contributed by atoms with Gasteiger partial charge in [-0.25, -0.2) is 8.42 Å². The maximum Gasteiger partial charge on any atom is 0.265 e. The molecule has 2 heterocycles. The normalized spacial score (nSPS) is 21.0. The molecule has 2 aliphatic rings. The largest absolute Gasteiger partial charge is 0.338 e. The van der Waals surface area contributed by atoms with E-state index in [1.54, 1.807) is 48.5 Å². The Labute approximate surface area is 199 Å². The van der Waals surface area contributed by atoms with E-state index >= 15 is 0 Å². The zero-order chi connectivity index (χ0) is 24.0. The lowest BCUT2D eigenvalue weighted by molar-refractivity contribution is -0.114. The number of hydrogen-bond acceptors (Lipinski definition) is 4. The average Bonchev–Trinajstić information content (AvgIpc) is 3.01. The molecule has 1 N–H and O–H groups in total. The number of carbonyl (C=O) groups is 2. The van der Waals surface area contributed by atoms with E-state index in [2.05, 4.69) is 19.2 Å². The van der Waals surface area contributed by atoms with E-state index in [-0.39, 0.29) is 17.3 Å². The molecule has 3 aromatic rings. The second-order valence-electron chi connectivity index (χ2n) is 9.39. The van der Waals surface area contributed by atoms with Crippen molar-refractivity contribution in [2.75, 3.05) is 29.3 Å². The molecule has 2 unspecified atom stereocenters. The molecule has 1 fully saturated rings. The van der Waals surface area contributed by atoms with Crippen molar-refractivity contribution in [1.82, 2.24) is 4.90 Å². The summed E-state index contributed by atoms with van der Waals surface area (Å²) in [7, 11) is -3.84. The number of likely N-dealkylation sites (tertiary alicyclic amines) is 1. The molecule has 8 heteroatoms. The lowest BCUT2D eigenvalue weighted by Gasteiger charge is -2.35. The smallest absolute Gasteiger partial charge is 0.265 e. The second kappa shape index (κ2) is 8.43. The Balaban J connectivity index is 1.39. The number of carbonyl (C=O) groups excluding carboxylic acids is 2. The minimum atomic E-state index is -3.84. The SMILES string of the molecule is CC1CC(C)CN(C(=O)c2ccccc2NC(=O)CN2c3cccc4cccc(c34)S2(=O)=O)C1. The average molecular weight is 478 g/mol. The number of nitrogens with one attached hydrogen (secondary N) is 1. The van der Waals surface area contributed by atoms with Crippen LogP contribution in [0.5, 0.6) is 0 Å². The number of hydrogen-bond donors (Lipinski definition) is 1. The van der Waals surface area contributed by atoms with E-state index < -0.39 is 15.9 Å². The van der Waals surface area contributed by atoms with Crippen LogP contribution in [-0.4, -0.2) is 44.8 Å². The summed E-state index contributed by atoms with van der Waals surface area (Å²) in [4.78, 5) is 28.4. The first-order valence-corrected chi connectivity index (χ1v) is 12.9. The van der Waals surface area contributed by atoms with Crippen molar-refractivity contribution in [2.24, 2.45) is 11.8 Å². The van der Waals surface area contributed by atoms with Gasteiger partial charge in [0.15, 0.2) is 0 Å². The fourth-order valence-corrected chi connectivity index (χ4v) is 6.89. The Morgan fingerprint density at radius 2 is 1.62 bits per heavy atom. The fraction of sp³-hybridized carbons (Fsp3) is 0.308. The zero-order valence-electron chi connectivity index (χ0n) is 19.2. The second-order valence-corrected chi connectivity index (χ2v) is 11.2. The van der Waals surface area contributed by atoms with Crippen LogP contribution in [0.4, 0.5) is 11.4 Å². The summed E-state index contributed by atoms with van der Waals surface area (Å²) < 4.78 is 27.5. The van der Waals surface area contributed by atoms with Crippen molar-refractivity contribution in [3.05, 3.63) is 66.2 Å². The highest BCUT2D eigenvalue weighted by Crippen LogP contribution is 2.41. The highest BCUT2D eigenvalue weighted by molar-refractivity contribution is 7.93. The van der Waals surface area contributed by atoms with Gasteiger partial charge < -0.3 is 10.2 Å². The van der Waals surface area contributed by atoms with E-state index in [9.17, 15) is 18.0 Å². The third-order valence-electron chi connectivity index (χ3n) is 6.56. The Hall–Kier alpha value is -3.39. The first-order chi connectivity index (χ1) is 16.3. The van der Waals surface area contributed by atoms with Gasteiger partial charge in [0.1, 0.15) is 6.54 Å². The van der Waals surface area contributed by atoms with Crippen molar-refractivity contribution in [2.45, 2.75) is 25.2 Å². The molecule has 2 aliphatic heterocycles. The van der Waals surface area contributed by atoms with Gasteiger partial charge in [0.25, 0.3) is 15.9 Å².